The molecular formula is C42H44Cl2SiZr-4. The Balaban J connectivity index is 0.000000409. The molecular weight excluding hydrogens is 695 g/mol. The van der Waals surface area contributed by atoms with Crippen LogP contribution in [0.4, 0.5) is 0 Å². The Morgan fingerprint density at radius 2 is 1.20 bits per heavy atom. The van der Waals surface area contributed by atoms with Crippen molar-refractivity contribution in [1.29, 1.82) is 0 Å². The van der Waals surface area contributed by atoms with E-state index in [-0.39, 0.29) is 39.7 Å². The second-order valence-electron chi connectivity index (χ2n) is 11.4. The van der Waals surface area contributed by atoms with E-state index < -0.39 is 0 Å². The van der Waals surface area contributed by atoms with E-state index in [1.54, 1.807) is 0 Å². The van der Waals surface area contributed by atoms with Crippen LogP contribution >= 0.6 is 24.8 Å². The molecule has 7 rings (SSSR count). The molecule has 0 aliphatic heterocycles. The molecule has 0 aromatic heterocycles. The van der Waals surface area contributed by atoms with E-state index in [2.05, 4.69) is 163 Å². The normalized spacial score (nSPS) is 9.93. The van der Waals surface area contributed by atoms with Crippen molar-refractivity contribution in [1.82, 2.24) is 0 Å². The minimum absolute atomic E-state index is 0. The number of halogens is 2. The summed E-state index contributed by atoms with van der Waals surface area (Å²) in [6.45, 7) is 14.2. The zero-order chi connectivity index (χ0) is 29.8. The molecule has 0 heterocycles. The van der Waals surface area contributed by atoms with Gasteiger partial charge in [-0.2, -0.15) is 12.1 Å². The van der Waals surface area contributed by atoms with E-state index in [1.165, 1.54) is 100 Å². The van der Waals surface area contributed by atoms with E-state index in [0.717, 1.165) is 0 Å². The number of fused-ring (bicyclic) bond motifs is 3. The average Bonchev–Trinajstić information content (AvgIpc) is 3.63. The van der Waals surface area contributed by atoms with Crippen LogP contribution in [-0.2, 0) is 23.3 Å². The third-order valence-electron chi connectivity index (χ3n) is 8.14. The van der Waals surface area contributed by atoms with Gasteiger partial charge >= 0.3 is 30.2 Å². The Morgan fingerprint density at radius 1 is 0.587 bits per heavy atom. The maximum atomic E-state index is 3.06. The Morgan fingerprint density at radius 3 is 1.89 bits per heavy atom. The SMILES string of the molecule is CC(C)c1cc2c(-c3ccccc3)cccc2[cH-]1.Cc1cc2c(-c3cccc4ccccc34)c(C)cc(C)c2[cH-]1.Cl.Cl.[CH3-].[CH3-].[Si]=[Zr]. The van der Waals surface area contributed by atoms with Crippen LogP contribution < -0.4 is 0 Å². The summed E-state index contributed by atoms with van der Waals surface area (Å²) in [6, 6.07) is 44.0. The van der Waals surface area contributed by atoms with Crippen molar-refractivity contribution in [3.63, 3.8) is 0 Å². The van der Waals surface area contributed by atoms with Crippen LogP contribution in [0.15, 0.2) is 121 Å². The van der Waals surface area contributed by atoms with Crippen LogP contribution in [0.25, 0.3) is 54.6 Å². The van der Waals surface area contributed by atoms with Gasteiger partial charge in [-0.25, -0.2) is 0 Å². The fourth-order valence-corrected chi connectivity index (χ4v) is 6.13. The first kappa shape index (κ1) is 41.3. The second-order valence-corrected chi connectivity index (χ2v) is 11.4. The summed E-state index contributed by atoms with van der Waals surface area (Å²) in [7, 11) is 0. The summed E-state index contributed by atoms with van der Waals surface area (Å²) in [5, 5.41) is 8.11. The molecule has 0 bridgehead atoms. The maximum absolute atomic E-state index is 3.06. The van der Waals surface area contributed by atoms with Gasteiger partial charge in [0.1, 0.15) is 0 Å². The summed E-state index contributed by atoms with van der Waals surface area (Å²) >= 11 is 1.36. The monoisotopic (exact) mass is 736 g/mol. The summed E-state index contributed by atoms with van der Waals surface area (Å²) in [5.41, 5.74) is 10.8. The molecule has 7 aromatic rings. The molecule has 2 radical (unpaired) electrons. The standard InChI is InChI=1S/C22H19.C18H17.2CH3.2ClH.Si.Zr/c1-14-11-20-15(2)13-16(3)22(21(20)12-14)19-10-6-8-17-7-4-5-9-18(17)19;1-13(2)16-11-15-9-6-10-17(18(15)12-16)14-7-4-3-5-8-14;;;;;;/h4-13H,1-3H3;3-13H,1-2H3;2*1H3;2*1H;;/q4*-1;;;;. The van der Waals surface area contributed by atoms with Crippen LogP contribution in [0.2, 0.25) is 0 Å². The van der Waals surface area contributed by atoms with Gasteiger partial charge in [0.2, 0.25) is 0 Å². The summed E-state index contributed by atoms with van der Waals surface area (Å²) in [5.74, 6) is 0.584. The van der Waals surface area contributed by atoms with Gasteiger partial charge in [0, 0.05) is 0 Å². The predicted molar refractivity (Wildman–Crippen MR) is 209 cm³/mol. The molecule has 0 unspecified atom stereocenters. The van der Waals surface area contributed by atoms with Gasteiger partial charge in [0.15, 0.2) is 0 Å². The molecule has 0 N–H and O–H groups in total. The van der Waals surface area contributed by atoms with Gasteiger partial charge in [0.25, 0.3) is 0 Å². The van der Waals surface area contributed by atoms with Crippen molar-refractivity contribution in [2.24, 2.45) is 0 Å². The zero-order valence-corrected chi connectivity index (χ0v) is 33.0. The van der Waals surface area contributed by atoms with Gasteiger partial charge in [0.05, 0.1) is 0 Å². The molecule has 0 aliphatic carbocycles. The third kappa shape index (κ3) is 8.59. The first-order valence-electron chi connectivity index (χ1n) is 14.6. The van der Waals surface area contributed by atoms with Gasteiger partial charge in [-0.1, -0.05) is 129 Å². The first-order valence-corrected chi connectivity index (χ1v) is 18.7. The average molecular weight is 739 g/mol. The predicted octanol–water partition coefficient (Wildman–Crippen LogP) is 13.0. The fraction of sp³-hybridized carbons (Fsp3) is 0.143. The molecule has 46 heavy (non-hydrogen) atoms. The molecule has 0 aliphatic rings. The van der Waals surface area contributed by atoms with E-state index in [4.69, 9.17) is 0 Å². The Labute approximate surface area is 306 Å². The molecule has 0 saturated heterocycles. The molecule has 4 heteroatoms. The van der Waals surface area contributed by atoms with E-state index in [1.807, 2.05) is 0 Å². The molecule has 0 fully saturated rings. The van der Waals surface area contributed by atoms with Crippen molar-refractivity contribution in [2.75, 3.05) is 0 Å². The molecule has 0 saturated carbocycles. The molecule has 0 nitrogen and oxygen atoms in total. The molecule has 0 atom stereocenters. The van der Waals surface area contributed by atoms with Crippen molar-refractivity contribution in [3.05, 3.63) is 158 Å². The molecule has 0 amide bonds. The number of rotatable bonds is 3. The quantitative estimate of drug-likeness (QED) is 0.125. The Kier molecular flexibility index (Phi) is 16.7. The van der Waals surface area contributed by atoms with E-state index in [9.17, 15) is 0 Å². The van der Waals surface area contributed by atoms with Crippen molar-refractivity contribution < 1.29 is 23.3 Å². The second kappa shape index (κ2) is 18.6. The summed E-state index contributed by atoms with van der Waals surface area (Å²) in [6.07, 6.45) is 0. The van der Waals surface area contributed by atoms with Crippen LogP contribution in [-0.4, -0.2) is 6.88 Å². The molecule has 0 spiro atoms. The minimum atomic E-state index is 0. The van der Waals surface area contributed by atoms with Crippen molar-refractivity contribution >= 4 is 64.0 Å². The van der Waals surface area contributed by atoms with Gasteiger partial charge in [-0.05, 0) is 34.7 Å². The van der Waals surface area contributed by atoms with Gasteiger partial charge in [-0.15, -0.1) is 87.3 Å². The van der Waals surface area contributed by atoms with E-state index in [0.29, 0.717) is 5.92 Å². The van der Waals surface area contributed by atoms with Crippen molar-refractivity contribution in [3.8, 4) is 22.3 Å². The first-order chi connectivity index (χ1) is 20.4. The number of aryl methyl sites for hydroxylation is 3. The van der Waals surface area contributed by atoms with Crippen LogP contribution in [0.1, 0.15) is 42.0 Å². The molecule has 238 valence electrons. The van der Waals surface area contributed by atoms with Crippen LogP contribution in [0.5, 0.6) is 0 Å². The van der Waals surface area contributed by atoms with Gasteiger partial charge in [-0.3, -0.25) is 0 Å². The summed E-state index contributed by atoms with van der Waals surface area (Å²) in [4.78, 5) is 0. The third-order valence-corrected chi connectivity index (χ3v) is 8.14. The number of benzene rings is 5. The van der Waals surface area contributed by atoms with Gasteiger partial charge < -0.3 is 14.9 Å². The zero-order valence-electron chi connectivity index (χ0n) is 27.9. The Hall–Kier alpha value is -2.74. The van der Waals surface area contributed by atoms with E-state index >= 15 is 0 Å². The number of hydrogen-bond acceptors (Lipinski definition) is 0. The van der Waals surface area contributed by atoms with Crippen LogP contribution in [0, 0.1) is 35.6 Å². The van der Waals surface area contributed by atoms with Crippen molar-refractivity contribution in [2.45, 2.75) is 40.5 Å². The number of hydrogen-bond donors (Lipinski definition) is 0. The fourth-order valence-electron chi connectivity index (χ4n) is 6.13. The Bertz CT molecular complexity index is 1980. The summed E-state index contributed by atoms with van der Waals surface area (Å²) < 4.78 is 0. The topological polar surface area (TPSA) is 0 Å². The molecule has 7 aromatic carbocycles. The van der Waals surface area contributed by atoms with Crippen LogP contribution in [0.3, 0.4) is 0 Å².